The van der Waals surface area contributed by atoms with Crippen molar-refractivity contribution in [3.63, 3.8) is 0 Å². The summed E-state index contributed by atoms with van der Waals surface area (Å²) in [5.74, 6) is 0.572. The molecule has 0 unspecified atom stereocenters. The average Bonchev–Trinajstić information content (AvgIpc) is 2.51. The van der Waals surface area contributed by atoms with E-state index in [0.717, 1.165) is 13.0 Å². The fourth-order valence-electron chi connectivity index (χ4n) is 1.11. The number of carbonyl (C=O) groups excluding carboxylic acids is 1. The molecule has 0 aromatic carbocycles. The molecular weight excluding hydrogens is 178 g/mol. The van der Waals surface area contributed by atoms with Crippen molar-refractivity contribution in [1.82, 2.24) is 15.1 Å². The summed E-state index contributed by atoms with van der Waals surface area (Å²) in [5, 5.41) is 6.79. The van der Waals surface area contributed by atoms with Crippen LogP contribution >= 0.6 is 0 Å². The summed E-state index contributed by atoms with van der Waals surface area (Å²) in [6, 6.07) is 0. The van der Waals surface area contributed by atoms with Gasteiger partial charge in [0.2, 0.25) is 0 Å². The molecule has 1 heterocycles. The molecule has 1 aromatic rings. The second-order valence-electron chi connectivity index (χ2n) is 3.84. The van der Waals surface area contributed by atoms with E-state index in [0.29, 0.717) is 11.5 Å². The molecule has 1 amide bonds. The van der Waals surface area contributed by atoms with Crippen molar-refractivity contribution in [3.8, 4) is 0 Å². The van der Waals surface area contributed by atoms with Crippen LogP contribution in [0.2, 0.25) is 0 Å². The van der Waals surface area contributed by atoms with Gasteiger partial charge in [0.15, 0.2) is 0 Å². The first-order valence-electron chi connectivity index (χ1n) is 4.86. The summed E-state index contributed by atoms with van der Waals surface area (Å²) in [6.45, 7) is 5.00. The Morgan fingerprint density at radius 2 is 2.36 bits per heavy atom. The predicted octanol–water partition coefficient (Wildman–Crippen LogP) is 1.20. The lowest BCUT2D eigenvalue weighted by atomic mass is 10.1. The molecule has 4 heteroatoms. The Morgan fingerprint density at radius 3 is 2.86 bits per heavy atom. The summed E-state index contributed by atoms with van der Waals surface area (Å²) in [5.41, 5.74) is 0.622. The molecule has 0 saturated heterocycles. The van der Waals surface area contributed by atoms with Gasteiger partial charge in [0.25, 0.3) is 5.91 Å². The molecule has 1 rings (SSSR count). The van der Waals surface area contributed by atoms with Crippen LogP contribution in [0, 0.1) is 5.92 Å². The number of hydrogen-bond donors (Lipinski definition) is 1. The fourth-order valence-corrected chi connectivity index (χ4v) is 1.11. The Morgan fingerprint density at radius 1 is 1.64 bits per heavy atom. The normalized spacial score (nSPS) is 10.6. The van der Waals surface area contributed by atoms with Crippen molar-refractivity contribution in [2.75, 3.05) is 6.54 Å². The zero-order chi connectivity index (χ0) is 10.6. The maximum atomic E-state index is 11.5. The molecule has 4 nitrogen and oxygen atoms in total. The molecule has 0 aliphatic rings. The molecule has 0 aliphatic heterocycles. The van der Waals surface area contributed by atoms with E-state index in [9.17, 15) is 4.79 Å². The van der Waals surface area contributed by atoms with Crippen LogP contribution in [-0.2, 0) is 7.05 Å². The van der Waals surface area contributed by atoms with Crippen LogP contribution < -0.4 is 5.32 Å². The Kier molecular flexibility index (Phi) is 3.68. The molecule has 0 saturated carbocycles. The number of rotatable bonds is 4. The molecule has 0 atom stereocenters. The SMILES string of the molecule is CC(C)CCNC(=O)c1cnn(C)c1. The molecule has 1 aromatic heterocycles. The quantitative estimate of drug-likeness (QED) is 0.784. The van der Waals surface area contributed by atoms with Crippen LogP contribution in [0.4, 0.5) is 0 Å². The van der Waals surface area contributed by atoms with Gasteiger partial charge >= 0.3 is 0 Å². The lowest BCUT2D eigenvalue weighted by molar-refractivity contribution is 0.0952. The number of hydrogen-bond acceptors (Lipinski definition) is 2. The van der Waals surface area contributed by atoms with E-state index in [1.165, 1.54) is 0 Å². The molecule has 0 aliphatic carbocycles. The summed E-state index contributed by atoms with van der Waals surface area (Å²) < 4.78 is 1.62. The van der Waals surface area contributed by atoms with Gasteiger partial charge < -0.3 is 5.32 Å². The predicted molar refractivity (Wildman–Crippen MR) is 55.0 cm³/mol. The molecule has 0 spiro atoms. The second-order valence-corrected chi connectivity index (χ2v) is 3.84. The first-order chi connectivity index (χ1) is 6.59. The third-order valence-corrected chi connectivity index (χ3v) is 1.97. The van der Waals surface area contributed by atoms with Crippen molar-refractivity contribution in [2.24, 2.45) is 13.0 Å². The summed E-state index contributed by atoms with van der Waals surface area (Å²) >= 11 is 0. The zero-order valence-corrected chi connectivity index (χ0v) is 8.95. The van der Waals surface area contributed by atoms with E-state index >= 15 is 0 Å². The molecular formula is C10H17N3O. The number of amides is 1. The third-order valence-electron chi connectivity index (χ3n) is 1.97. The van der Waals surface area contributed by atoms with E-state index in [1.54, 1.807) is 24.1 Å². The maximum absolute atomic E-state index is 11.5. The zero-order valence-electron chi connectivity index (χ0n) is 8.95. The number of aryl methyl sites for hydroxylation is 1. The second kappa shape index (κ2) is 4.79. The van der Waals surface area contributed by atoms with Gasteiger partial charge in [-0.2, -0.15) is 5.10 Å². The highest BCUT2D eigenvalue weighted by atomic mass is 16.1. The topological polar surface area (TPSA) is 46.9 Å². The van der Waals surface area contributed by atoms with Crippen LogP contribution in [0.1, 0.15) is 30.6 Å². The number of nitrogens with zero attached hydrogens (tertiary/aromatic N) is 2. The molecule has 78 valence electrons. The molecule has 0 bridgehead atoms. The van der Waals surface area contributed by atoms with Crippen LogP contribution in [0.5, 0.6) is 0 Å². The molecule has 0 radical (unpaired) electrons. The minimum atomic E-state index is -0.0428. The number of carbonyl (C=O) groups is 1. The maximum Gasteiger partial charge on any atom is 0.254 e. The van der Waals surface area contributed by atoms with Gasteiger partial charge in [-0.05, 0) is 12.3 Å². The smallest absolute Gasteiger partial charge is 0.254 e. The van der Waals surface area contributed by atoms with Gasteiger partial charge in [0, 0.05) is 19.8 Å². The van der Waals surface area contributed by atoms with Crippen molar-refractivity contribution in [3.05, 3.63) is 18.0 Å². The van der Waals surface area contributed by atoms with Gasteiger partial charge in [0.05, 0.1) is 11.8 Å². The largest absolute Gasteiger partial charge is 0.352 e. The Labute approximate surface area is 84.3 Å². The molecule has 14 heavy (non-hydrogen) atoms. The van der Waals surface area contributed by atoms with Crippen molar-refractivity contribution < 1.29 is 4.79 Å². The van der Waals surface area contributed by atoms with Gasteiger partial charge in [0.1, 0.15) is 0 Å². The van der Waals surface area contributed by atoms with Crippen LogP contribution in [-0.4, -0.2) is 22.2 Å². The first-order valence-corrected chi connectivity index (χ1v) is 4.86. The van der Waals surface area contributed by atoms with Gasteiger partial charge in [-0.15, -0.1) is 0 Å². The van der Waals surface area contributed by atoms with Gasteiger partial charge in [-0.3, -0.25) is 9.48 Å². The van der Waals surface area contributed by atoms with Crippen molar-refractivity contribution >= 4 is 5.91 Å². The van der Waals surface area contributed by atoms with E-state index in [2.05, 4.69) is 24.3 Å². The highest BCUT2D eigenvalue weighted by Gasteiger charge is 2.06. The minimum Gasteiger partial charge on any atom is -0.352 e. The van der Waals surface area contributed by atoms with Crippen molar-refractivity contribution in [1.29, 1.82) is 0 Å². The van der Waals surface area contributed by atoms with Crippen LogP contribution in [0.15, 0.2) is 12.4 Å². The van der Waals surface area contributed by atoms with Gasteiger partial charge in [-0.25, -0.2) is 0 Å². The third kappa shape index (κ3) is 3.20. The summed E-state index contributed by atoms with van der Waals surface area (Å²) in [6.07, 6.45) is 4.29. The monoisotopic (exact) mass is 195 g/mol. The minimum absolute atomic E-state index is 0.0428. The lowest BCUT2D eigenvalue weighted by Gasteiger charge is -2.05. The summed E-state index contributed by atoms with van der Waals surface area (Å²) in [7, 11) is 1.80. The van der Waals surface area contributed by atoms with E-state index in [4.69, 9.17) is 0 Å². The number of nitrogens with one attached hydrogen (secondary N) is 1. The van der Waals surface area contributed by atoms with E-state index in [-0.39, 0.29) is 5.91 Å². The standard InChI is InChI=1S/C10H17N3O/c1-8(2)4-5-11-10(14)9-6-12-13(3)7-9/h6-8H,4-5H2,1-3H3,(H,11,14). The Bertz CT molecular complexity index is 304. The van der Waals surface area contributed by atoms with Crippen molar-refractivity contribution in [2.45, 2.75) is 20.3 Å². The Hall–Kier alpha value is -1.32. The lowest BCUT2D eigenvalue weighted by Crippen LogP contribution is -2.24. The Balaban J connectivity index is 2.36. The van der Waals surface area contributed by atoms with Crippen LogP contribution in [0.25, 0.3) is 0 Å². The fraction of sp³-hybridized carbons (Fsp3) is 0.600. The molecule has 0 fully saturated rings. The van der Waals surface area contributed by atoms with E-state index < -0.39 is 0 Å². The summed E-state index contributed by atoms with van der Waals surface area (Å²) in [4.78, 5) is 11.5. The average molecular weight is 195 g/mol. The van der Waals surface area contributed by atoms with Crippen LogP contribution in [0.3, 0.4) is 0 Å². The highest BCUT2D eigenvalue weighted by Crippen LogP contribution is 1.99. The van der Waals surface area contributed by atoms with E-state index in [1.807, 2.05) is 0 Å². The highest BCUT2D eigenvalue weighted by molar-refractivity contribution is 5.93. The number of aromatic nitrogens is 2. The van der Waals surface area contributed by atoms with Gasteiger partial charge in [-0.1, -0.05) is 13.8 Å². The molecule has 1 N–H and O–H groups in total. The first kappa shape index (κ1) is 10.8.